The molecule has 0 spiro atoms. The Bertz CT molecular complexity index is 655. The predicted octanol–water partition coefficient (Wildman–Crippen LogP) is 2.45. The van der Waals surface area contributed by atoms with Gasteiger partial charge in [-0.25, -0.2) is 9.97 Å². The van der Waals surface area contributed by atoms with E-state index in [0.29, 0.717) is 6.54 Å². The van der Waals surface area contributed by atoms with Crippen molar-refractivity contribution >= 4 is 22.4 Å². The van der Waals surface area contributed by atoms with E-state index in [9.17, 15) is 0 Å². The van der Waals surface area contributed by atoms with Gasteiger partial charge in [0.15, 0.2) is 5.82 Å². The third kappa shape index (κ3) is 1.64. The van der Waals surface area contributed by atoms with Gasteiger partial charge in [0.1, 0.15) is 5.65 Å². The van der Waals surface area contributed by atoms with Crippen LogP contribution in [0.5, 0.6) is 0 Å². The number of thiophene rings is 1. The number of nitrogens with zero attached hydrogens (tertiary/aromatic N) is 2. The third-order valence-corrected chi connectivity index (χ3v) is 3.62. The first-order valence-electron chi connectivity index (χ1n) is 5.38. The second-order valence-electron chi connectivity index (χ2n) is 3.85. The summed E-state index contributed by atoms with van der Waals surface area (Å²) in [5.74, 6) is 0.774. The number of aromatic nitrogens is 3. The van der Waals surface area contributed by atoms with Crippen molar-refractivity contribution in [2.75, 3.05) is 0 Å². The van der Waals surface area contributed by atoms with Gasteiger partial charge < -0.3 is 10.7 Å². The van der Waals surface area contributed by atoms with Gasteiger partial charge in [-0.2, -0.15) is 0 Å². The van der Waals surface area contributed by atoms with Crippen LogP contribution in [0.4, 0.5) is 0 Å². The first kappa shape index (κ1) is 10.4. The minimum absolute atomic E-state index is 0.503. The number of hydrogen-bond acceptors (Lipinski definition) is 4. The zero-order valence-electron chi connectivity index (χ0n) is 9.40. The SMILES string of the molecule is Cc1nc(-c2cccs2)nc2[nH]cc(CN)c12. The molecule has 0 fully saturated rings. The normalized spacial score (nSPS) is 11.2. The van der Waals surface area contributed by atoms with Crippen LogP contribution in [0.3, 0.4) is 0 Å². The lowest BCUT2D eigenvalue weighted by atomic mass is 10.2. The van der Waals surface area contributed by atoms with Gasteiger partial charge in [0.05, 0.1) is 10.6 Å². The zero-order chi connectivity index (χ0) is 11.8. The van der Waals surface area contributed by atoms with E-state index in [1.54, 1.807) is 11.3 Å². The Morgan fingerprint density at radius 2 is 2.29 bits per heavy atom. The molecule has 0 saturated carbocycles. The fourth-order valence-electron chi connectivity index (χ4n) is 1.97. The fraction of sp³-hybridized carbons (Fsp3) is 0.167. The maximum atomic E-state index is 5.69. The third-order valence-electron chi connectivity index (χ3n) is 2.76. The minimum Gasteiger partial charge on any atom is -0.346 e. The number of rotatable bonds is 2. The van der Waals surface area contributed by atoms with E-state index in [4.69, 9.17) is 5.73 Å². The van der Waals surface area contributed by atoms with Gasteiger partial charge in [-0.05, 0) is 23.9 Å². The number of hydrogen-bond donors (Lipinski definition) is 2. The molecule has 4 nitrogen and oxygen atoms in total. The molecular weight excluding hydrogens is 232 g/mol. The van der Waals surface area contributed by atoms with E-state index < -0.39 is 0 Å². The Morgan fingerprint density at radius 3 is 3.00 bits per heavy atom. The predicted molar refractivity (Wildman–Crippen MR) is 69.8 cm³/mol. The number of aromatic amines is 1. The van der Waals surface area contributed by atoms with Crippen molar-refractivity contribution in [2.24, 2.45) is 5.73 Å². The zero-order valence-corrected chi connectivity index (χ0v) is 10.2. The molecule has 0 aliphatic carbocycles. The van der Waals surface area contributed by atoms with Crippen molar-refractivity contribution in [2.45, 2.75) is 13.5 Å². The van der Waals surface area contributed by atoms with Gasteiger partial charge in [-0.3, -0.25) is 0 Å². The average molecular weight is 244 g/mol. The monoisotopic (exact) mass is 244 g/mol. The standard InChI is InChI=1S/C12H12N4S/c1-7-10-8(5-13)6-14-12(10)16-11(15-7)9-3-2-4-17-9/h2-4,6H,5,13H2,1H3,(H,14,15,16). The molecule has 3 aromatic heterocycles. The highest BCUT2D eigenvalue weighted by atomic mass is 32.1. The van der Waals surface area contributed by atoms with Crippen molar-refractivity contribution in [3.05, 3.63) is 35.0 Å². The van der Waals surface area contributed by atoms with Gasteiger partial charge in [-0.15, -0.1) is 11.3 Å². The minimum atomic E-state index is 0.503. The maximum Gasteiger partial charge on any atom is 0.171 e. The van der Waals surface area contributed by atoms with Crippen LogP contribution in [0.25, 0.3) is 21.7 Å². The maximum absolute atomic E-state index is 5.69. The van der Waals surface area contributed by atoms with E-state index in [0.717, 1.165) is 33.0 Å². The smallest absolute Gasteiger partial charge is 0.171 e. The Labute approximate surface area is 103 Å². The molecule has 0 aliphatic heterocycles. The highest BCUT2D eigenvalue weighted by Gasteiger charge is 2.11. The largest absolute Gasteiger partial charge is 0.346 e. The molecular formula is C12H12N4S. The fourth-order valence-corrected chi connectivity index (χ4v) is 2.62. The summed E-state index contributed by atoms with van der Waals surface area (Å²) in [6.45, 7) is 2.50. The average Bonchev–Trinajstić information content (AvgIpc) is 2.97. The summed E-state index contributed by atoms with van der Waals surface area (Å²) in [6.07, 6.45) is 1.91. The van der Waals surface area contributed by atoms with E-state index in [1.807, 2.05) is 30.6 Å². The Morgan fingerprint density at radius 1 is 1.41 bits per heavy atom. The Balaban J connectivity index is 2.25. The van der Waals surface area contributed by atoms with Crippen molar-refractivity contribution in [3.63, 3.8) is 0 Å². The molecule has 0 bridgehead atoms. The molecule has 5 heteroatoms. The van der Waals surface area contributed by atoms with Crippen LogP contribution in [0.1, 0.15) is 11.3 Å². The first-order valence-corrected chi connectivity index (χ1v) is 6.26. The van der Waals surface area contributed by atoms with E-state index in [1.165, 1.54) is 0 Å². The van der Waals surface area contributed by atoms with Crippen molar-refractivity contribution < 1.29 is 0 Å². The summed E-state index contributed by atoms with van der Waals surface area (Å²) in [5, 5.41) is 3.07. The summed E-state index contributed by atoms with van der Waals surface area (Å²) >= 11 is 1.64. The summed E-state index contributed by atoms with van der Waals surface area (Å²) in [6, 6.07) is 4.03. The van der Waals surface area contributed by atoms with Crippen LogP contribution < -0.4 is 5.73 Å². The van der Waals surface area contributed by atoms with Crippen LogP contribution in [-0.4, -0.2) is 15.0 Å². The summed E-state index contributed by atoms with van der Waals surface area (Å²) in [4.78, 5) is 13.3. The van der Waals surface area contributed by atoms with Crippen LogP contribution >= 0.6 is 11.3 Å². The van der Waals surface area contributed by atoms with E-state index in [-0.39, 0.29) is 0 Å². The Hall–Kier alpha value is -1.72. The molecule has 3 aromatic rings. The molecule has 3 heterocycles. The molecule has 17 heavy (non-hydrogen) atoms. The Kier molecular flexibility index (Phi) is 2.42. The van der Waals surface area contributed by atoms with Crippen LogP contribution in [0, 0.1) is 6.92 Å². The van der Waals surface area contributed by atoms with Gasteiger partial charge >= 0.3 is 0 Å². The molecule has 0 radical (unpaired) electrons. The van der Waals surface area contributed by atoms with Crippen molar-refractivity contribution in [3.8, 4) is 10.7 Å². The lowest BCUT2D eigenvalue weighted by Gasteiger charge is -2.01. The number of nitrogens with one attached hydrogen (secondary N) is 1. The van der Waals surface area contributed by atoms with Gasteiger partial charge in [0.25, 0.3) is 0 Å². The van der Waals surface area contributed by atoms with Crippen LogP contribution in [-0.2, 0) is 6.54 Å². The molecule has 0 saturated heterocycles. The van der Waals surface area contributed by atoms with Gasteiger partial charge in [0.2, 0.25) is 0 Å². The van der Waals surface area contributed by atoms with Gasteiger partial charge in [-0.1, -0.05) is 6.07 Å². The quantitative estimate of drug-likeness (QED) is 0.727. The first-order chi connectivity index (χ1) is 8.29. The molecule has 86 valence electrons. The van der Waals surface area contributed by atoms with Crippen molar-refractivity contribution in [1.82, 2.24) is 15.0 Å². The second kappa shape index (κ2) is 3.94. The van der Waals surface area contributed by atoms with E-state index >= 15 is 0 Å². The number of H-pyrrole nitrogens is 1. The van der Waals surface area contributed by atoms with Crippen LogP contribution in [0.2, 0.25) is 0 Å². The number of aryl methyl sites for hydroxylation is 1. The summed E-state index contributed by atoms with van der Waals surface area (Å²) in [7, 11) is 0. The summed E-state index contributed by atoms with van der Waals surface area (Å²) < 4.78 is 0. The number of fused-ring (bicyclic) bond motifs is 1. The summed E-state index contributed by atoms with van der Waals surface area (Å²) in [5.41, 5.74) is 8.59. The molecule has 0 amide bonds. The van der Waals surface area contributed by atoms with Gasteiger partial charge in [0, 0.05) is 18.1 Å². The molecule has 3 N–H and O–H groups in total. The van der Waals surface area contributed by atoms with Crippen LogP contribution in [0.15, 0.2) is 23.7 Å². The molecule has 3 rings (SSSR count). The molecule has 0 unspecified atom stereocenters. The van der Waals surface area contributed by atoms with Crippen molar-refractivity contribution in [1.29, 1.82) is 0 Å². The second-order valence-corrected chi connectivity index (χ2v) is 4.80. The molecule has 0 aromatic carbocycles. The van der Waals surface area contributed by atoms with E-state index in [2.05, 4.69) is 15.0 Å². The lowest BCUT2D eigenvalue weighted by Crippen LogP contribution is -1.97. The highest BCUT2D eigenvalue weighted by Crippen LogP contribution is 2.25. The molecule has 0 aliphatic rings. The molecule has 0 atom stereocenters. The highest BCUT2D eigenvalue weighted by molar-refractivity contribution is 7.13. The lowest BCUT2D eigenvalue weighted by molar-refractivity contribution is 1.08. The topological polar surface area (TPSA) is 67.6 Å². The number of nitrogens with two attached hydrogens (primary N) is 1.